The number of halogens is 1. The van der Waals surface area contributed by atoms with Crippen molar-refractivity contribution < 1.29 is 17.6 Å². The summed E-state index contributed by atoms with van der Waals surface area (Å²) in [5, 5.41) is 0. The number of hydrogen-bond acceptors (Lipinski definition) is 3. The van der Waals surface area contributed by atoms with E-state index < -0.39 is 21.4 Å². The van der Waals surface area contributed by atoms with Crippen LogP contribution in [0.5, 0.6) is 0 Å². The molecule has 19 heavy (non-hydrogen) atoms. The summed E-state index contributed by atoms with van der Waals surface area (Å²) >= 11 is 0. The van der Waals surface area contributed by atoms with Crippen molar-refractivity contribution in [2.45, 2.75) is 4.90 Å². The van der Waals surface area contributed by atoms with E-state index in [0.29, 0.717) is 0 Å². The first-order valence-electron chi connectivity index (χ1n) is 5.49. The van der Waals surface area contributed by atoms with E-state index in [1.54, 1.807) is 6.07 Å². The van der Waals surface area contributed by atoms with Crippen LogP contribution in [-0.2, 0) is 9.84 Å². The molecular formula is C14H11FO3S. The summed E-state index contributed by atoms with van der Waals surface area (Å²) in [6, 6.07) is 11.2. The summed E-state index contributed by atoms with van der Waals surface area (Å²) < 4.78 is 36.4. The highest BCUT2D eigenvalue weighted by Crippen LogP contribution is 2.16. The highest BCUT2D eigenvalue weighted by Gasteiger charge is 2.15. The van der Waals surface area contributed by atoms with E-state index in [0.717, 1.165) is 6.26 Å². The SMILES string of the molecule is CS(=O)(=O)c1cccc(C(=O)c2ccccc2F)c1. The molecule has 3 nitrogen and oxygen atoms in total. The van der Waals surface area contributed by atoms with Crippen LogP contribution < -0.4 is 0 Å². The Balaban J connectivity index is 2.49. The van der Waals surface area contributed by atoms with Crippen LogP contribution in [0.1, 0.15) is 15.9 Å². The van der Waals surface area contributed by atoms with Gasteiger partial charge < -0.3 is 0 Å². The van der Waals surface area contributed by atoms with Gasteiger partial charge in [0.15, 0.2) is 15.6 Å². The Kier molecular flexibility index (Phi) is 3.48. The average molecular weight is 278 g/mol. The van der Waals surface area contributed by atoms with Gasteiger partial charge in [-0.2, -0.15) is 0 Å². The molecule has 0 fully saturated rings. The van der Waals surface area contributed by atoms with Crippen molar-refractivity contribution in [3.8, 4) is 0 Å². The Morgan fingerprint density at radius 3 is 2.37 bits per heavy atom. The molecule has 0 unspecified atom stereocenters. The minimum absolute atomic E-state index is 0.0367. The average Bonchev–Trinajstić information content (AvgIpc) is 2.38. The monoisotopic (exact) mass is 278 g/mol. The van der Waals surface area contributed by atoms with E-state index in [1.807, 2.05) is 0 Å². The maximum atomic E-state index is 13.5. The maximum Gasteiger partial charge on any atom is 0.196 e. The lowest BCUT2D eigenvalue weighted by molar-refractivity contribution is 0.103. The molecule has 2 rings (SSSR count). The molecule has 2 aromatic carbocycles. The minimum atomic E-state index is -3.40. The van der Waals surface area contributed by atoms with E-state index in [2.05, 4.69) is 0 Å². The van der Waals surface area contributed by atoms with E-state index in [-0.39, 0.29) is 16.0 Å². The summed E-state index contributed by atoms with van der Waals surface area (Å²) in [7, 11) is -3.40. The molecule has 0 bridgehead atoms. The summed E-state index contributed by atoms with van der Waals surface area (Å²) in [4.78, 5) is 12.1. The number of benzene rings is 2. The lowest BCUT2D eigenvalue weighted by Crippen LogP contribution is -2.06. The second-order valence-electron chi connectivity index (χ2n) is 4.11. The molecule has 98 valence electrons. The summed E-state index contributed by atoms with van der Waals surface area (Å²) in [5.74, 6) is -1.17. The predicted octanol–water partition coefficient (Wildman–Crippen LogP) is 2.46. The predicted molar refractivity (Wildman–Crippen MR) is 69.4 cm³/mol. The molecule has 0 saturated heterocycles. The largest absolute Gasteiger partial charge is 0.288 e. The molecule has 0 aromatic heterocycles. The molecule has 0 atom stereocenters. The van der Waals surface area contributed by atoms with Gasteiger partial charge in [0.05, 0.1) is 10.5 Å². The standard InChI is InChI=1S/C14H11FO3S/c1-19(17,18)11-6-4-5-10(9-11)14(16)12-7-2-3-8-13(12)15/h2-9H,1H3. The molecule has 2 aromatic rings. The van der Waals surface area contributed by atoms with Crippen molar-refractivity contribution in [3.05, 3.63) is 65.5 Å². The van der Waals surface area contributed by atoms with Gasteiger partial charge in [0.2, 0.25) is 0 Å². The zero-order chi connectivity index (χ0) is 14.0. The van der Waals surface area contributed by atoms with Gasteiger partial charge in [0, 0.05) is 11.8 Å². The minimum Gasteiger partial charge on any atom is -0.288 e. The van der Waals surface area contributed by atoms with Gasteiger partial charge in [-0.3, -0.25) is 4.79 Å². The lowest BCUT2D eigenvalue weighted by Gasteiger charge is -2.04. The smallest absolute Gasteiger partial charge is 0.196 e. The quantitative estimate of drug-likeness (QED) is 0.810. The van der Waals surface area contributed by atoms with Gasteiger partial charge in [0.1, 0.15) is 5.82 Å². The van der Waals surface area contributed by atoms with Crippen molar-refractivity contribution in [1.82, 2.24) is 0 Å². The van der Waals surface area contributed by atoms with Crippen molar-refractivity contribution >= 4 is 15.6 Å². The second kappa shape index (κ2) is 4.93. The molecular weight excluding hydrogens is 267 g/mol. The van der Waals surface area contributed by atoms with Crippen LogP contribution in [0.4, 0.5) is 4.39 Å². The van der Waals surface area contributed by atoms with Gasteiger partial charge in [-0.1, -0.05) is 24.3 Å². The summed E-state index contributed by atoms with van der Waals surface area (Å²) in [5.41, 5.74) is 0.0705. The van der Waals surface area contributed by atoms with E-state index in [4.69, 9.17) is 0 Å². The topological polar surface area (TPSA) is 51.2 Å². The van der Waals surface area contributed by atoms with Gasteiger partial charge in [-0.05, 0) is 24.3 Å². The van der Waals surface area contributed by atoms with Crippen LogP contribution in [0.25, 0.3) is 0 Å². The second-order valence-corrected chi connectivity index (χ2v) is 6.12. The normalized spacial score (nSPS) is 11.3. The Bertz CT molecular complexity index is 736. The number of rotatable bonds is 3. The maximum absolute atomic E-state index is 13.5. The van der Waals surface area contributed by atoms with Crippen LogP contribution in [0, 0.1) is 5.82 Å². The molecule has 0 aliphatic rings. The summed E-state index contributed by atoms with van der Waals surface area (Å²) in [6.07, 6.45) is 1.06. The zero-order valence-corrected chi connectivity index (χ0v) is 10.9. The molecule has 0 radical (unpaired) electrons. The third-order valence-corrected chi connectivity index (χ3v) is 3.75. The van der Waals surface area contributed by atoms with Gasteiger partial charge in [0.25, 0.3) is 0 Å². The first kappa shape index (κ1) is 13.4. The van der Waals surface area contributed by atoms with Crippen molar-refractivity contribution in [3.63, 3.8) is 0 Å². The van der Waals surface area contributed by atoms with Crippen LogP contribution in [0.15, 0.2) is 53.4 Å². The number of carbonyl (C=O) groups excluding carboxylic acids is 1. The number of hydrogen-bond donors (Lipinski definition) is 0. The first-order valence-corrected chi connectivity index (χ1v) is 7.38. The van der Waals surface area contributed by atoms with Gasteiger partial charge in [-0.15, -0.1) is 0 Å². The van der Waals surface area contributed by atoms with Crippen LogP contribution in [0.2, 0.25) is 0 Å². The van der Waals surface area contributed by atoms with Gasteiger partial charge in [-0.25, -0.2) is 12.8 Å². The number of sulfone groups is 1. The Morgan fingerprint density at radius 1 is 1.05 bits per heavy atom. The lowest BCUT2D eigenvalue weighted by atomic mass is 10.0. The molecule has 0 aliphatic carbocycles. The zero-order valence-electron chi connectivity index (χ0n) is 10.1. The van der Waals surface area contributed by atoms with Crippen molar-refractivity contribution in [2.24, 2.45) is 0 Å². The molecule has 0 saturated carbocycles. The third kappa shape index (κ3) is 2.88. The molecule has 5 heteroatoms. The summed E-state index contributed by atoms with van der Waals surface area (Å²) in [6.45, 7) is 0. The highest BCUT2D eigenvalue weighted by atomic mass is 32.2. The fourth-order valence-corrected chi connectivity index (χ4v) is 2.34. The molecule has 0 spiro atoms. The number of ketones is 1. The number of carbonyl (C=O) groups is 1. The first-order chi connectivity index (χ1) is 8.89. The van der Waals surface area contributed by atoms with E-state index in [9.17, 15) is 17.6 Å². The van der Waals surface area contributed by atoms with Crippen molar-refractivity contribution in [1.29, 1.82) is 0 Å². The highest BCUT2D eigenvalue weighted by molar-refractivity contribution is 7.90. The van der Waals surface area contributed by atoms with Crippen LogP contribution in [0.3, 0.4) is 0 Å². The molecule has 0 aliphatic heterocycles. The Hall–Kier alpha value is -2.01. The molecule has 0 N–H and O–H groups in total. The third-order valence-electron chi connectivity index (χ3n) is 2.64. The Labute approximate surface area is 110 Å². The molecule has 0 heterocycles. The van der Waals surface area contributed by atoms with Crippen molar-refractivity contribution in [2.75, 3.05) is 6.26 Å². The van der Waals surface area contributed by atoms with Crippen LogP contribution >= 0.6 is 0 Å². The van der Waals surface area contributed by atoms with E-state index in [1.165, 1.54) is 42.5 Å². The van der Waals surface area contributed by atoms with E-state index >= 15 is 0 Å². The Morgan fingerprint density at radius 2 is 1.74 bits per heavy atom. The van der Waals surface area contributed by atoms with Gasteiger partial charge >= 0.3 is 0 Å². The van der Waals surface area contributed by atoms with Crippen LogP contribution in [-0.4, -0.2) is 20.5 Å². The fourth-order valence-electron chi connectivity index (χ4n) is 1.67. The fraction of sp³-hybridized carbons (Fsp3) is 0.0714. The molecule has 0 amide bonds.